The van der Waals surface area contributed by atoms with Crippen LogP contribution in [0, 0.1) is 6.92 Å². The molecule has 0 unspecified atom stereocenters. The van der Waals surface area contributed by atoms with Crippen molar-refractivity contribution in [1.82, 2.24) is 0 Å². The van der Waals surface area contributed by atoms with Gasteiger partial charge in [-0.1, -0.05) is 17.7 Å². The Morgan fingerprint density at radius 2 is 1.56 bits per heavy atom. The second kappa shape index (κ2) is 8.91. The van der Waals surface area contributed by atoms with Gasteiger partial charge in [-0.15, -0.1) is 0 Å². The maximum absolute atomic E-state index is 12.7. The van der Waals surface area contributed by atoms with Crippen LogP contribution in [-0.4, -0.2) is 21.4 Å². The van der Waals surface area contributed by atoms with Crippen molar-refractivity contribution in [2.45, 2.75) is 18.0 Å². The number of nitrogens with one attached hydrogen (secondary N) is 2. The number of hydrogen-bond acceptors (Lipinski definition) is 4. The van der Waals surface area contributed by atoms with Gasteiger partial charge in [-0.3, -0.25) is 9.52 Å². The maximum Gasteiger partial charge on any atom is 0.416 e. The van der Waals surface area contributed by atoms with E-state index >= 15 is 0 Å². The van der Waals surface area contributed by atoms with E-state index in [1.54, 1.807) is 24.3 Å². The van der Waals surface area contributed by atoms with Crippen LogP contribution >= 0.6 is 0 Å². The molecule has 0 saturated carbocycles. The highest BCUT2D eigenvalue weighted by atomic mass is 32.2. The fourth-order valence-corrected chi connectivity index (χ4v) is 3.88. The van der Waals surface area contributed by atoms with Gasteiger partial charge in [0.1, 0.15) is 5.75 Å². The molecule has 3 rings (SSSR count). The second-order valence-electron chi connectivity index (χ2n) is 6.86. The number of hydrogen-bond donors (Lipinski definition) is 2. The van der Waals surface area contributed by atoms with Crippen molar-refractivity contribution in [3.63, 3.8) is 0 Å². The number of ether oxygens (including phenoxy) is 1. The first kappa shape index (κ1) is 23.1. The zero-order chi connectivity index (χ0) is 23.5. The summed E-state index contributed by atoms with van der Waals surface area (Å²) < 4.78 is 71.0. The molecule has 0 bridgehead atoms. The second-order valence-corrected chi connectivity index (χ2v) is 8.55. The summed E-state index contributed by atoms with van der Waals surface area (Å²) >= 11 is 0. The Hall–Kier alpha value is -3.53. The number of sulfonamides is 1. The van der Waals surface area contributed by atoms with Gasteiger partial charge in [-0.25, -0.2) is 8.42 Å². The van der Waals surface area contributed by atoms with Crippen LogP contribution in [0.1, 0.15) is 21.5 Å². The summed E-state index contributed by atoms with van der Waals surface area (Å²) in [6.07, 6.45) is -4.53. The van der Waals surface area contributed by atoms with Crippen molar-refractivity contribution in [3.05, 3.63) is 83.4 Å². The number of aryl methyl sites for hydroxylation is 1. The number of anilines is 2. The molecule has 0 aromatic heterocycles. The molecule has 168 valence electrons. The number of carbonyl (C=O) groups is 1. The van der Waals surface area contributed by atoms with E-state index in [0.717, 1.165) is 29.8 Å². The molecule has 0 spiro atoms. The molecule has 0 aliphatic rings. The van der Waals surface area contributed by atoms with Crippen molar-refractivity contribution in [2.75, 3.05) is 17.1 Å². The van der Waals surface area contributed by atoms with Gasteiger partial charge in [0.15, 0.2) is 0 Å². The minimum Gasteiger partial charge on any atom is -0.495 e. The first-order chi connectivity index (χ1) is 15.0. The fourth-order valence-electron chi connectivity index (χ4n) is 2.79. The number of benzene rings is 3. The molecule has 0 heterocycles. The number of rotatable bonds is 6. The van der Waals surface area contributed by atoms with Crippen LogP contribution in [0.3, 0.4) is 0 Å². The molecular formula is C22H19F3N2O4S. The van der Waals surface area contributed by atoms with Gasteiger partial charge in [0.2, 0.25) is 0 Å². The number of methoxy groups -OCH3 is 1. The third-order valence-electron chi connectivity index (χ3n) is 4.51. The van der Waals surface area contributed by atoms with Crippen molar-refractivity contribution >= 4 is 27.3 Å². The molecule has 2 N–H and O–H groups in total. The number of alkyl halides is 3. The first-order valence-corrected chi connectivity index (χ1v) is 10.7. The third-order valence-corrected chi connectivity index (χ3v) is 5.89. The summed E-state index contributed by atoms with van der Waals surface area (Å²) in [5.74, 6) is -0.229. The monoisotopic (exact) mass is 464 g/mol. The number of carbonyl (C=O) groups excluding carboxylic acids is 1. The topological polar surface area (TPSA) is 84.5 Å². The minimum absolute atomic E-state index is 0.0425. The molecule has 10 heteroatoms. The highest BCUT2D eigenvalue weighted by Crippen LogP contribution is 2.31. The molecule has 32 heavy (non-hydrogen) atoms. The molecule has 0 aliphatic heterocycles. The zero-order valence-corrected chi connectivity index (χ0v) is 17.8. The SMILES string of the molecule is COc1ccc(S(=O)(=O)Nc2ccc(C(F)(F)F)cc2)cc1NC(=O)c1ccc(C)cc1. The average Bonchev–Trinajstić information content (AvgIpc) is 2.73. The van der Waals surface area contributed by atoms with Gasteiger partial charge in [0, 0.05) is 11.3 Å². The summed E-state index contributed by atoms with van der Waals surface area (Å²) in [6, 6.07) is 14.2. The molecule has 6 nitrogen and oxygen atoms in total. The van der Waals surface area contributed by atoms with E-state index in [1.807, 2.05) is 6.92 Å². The Balaban J connectivity index is 1.85. The van der Waals surface area contributed by atoms with E-state index in [0.29, 0.717) is 5.56 Å². The predicted molar refractivity (Wildman–Crippen MR) is 114 cm³/mol. The van der Waals surface area contributed by atoms with Crippen LogP contribution in [-0.2, 0) is 16.2 Å². The quantitative estimate of drug-likeness (QED) is 0.533. The van der Waals surface area contributed by atoms with Gasteiger partial charge in [-0.05, 0) is 61.5 Å². The fraction of sp³-hybridized carbons (Fsp3) is 0.136. The van der Waals surface area contributed by atoms with E-state index < -0.39 is 27.7 Å². The lowest BCUT2D eigenvalue weighted by Gasteiger charge is -2.14. The highest BCUT2D eigenvalue weighted by molar-refractivity contribution is 7.92. The average molecular weight is 464 g/mol. The van der Waals surface area contributed by atoms with Crippen LogP contribution in [0.25, 0.3) is 0 Å². The van der Waals surface area contributed by atoms with E-state index in [9.17, 15) is 26.4 Å². The molecule has 3 aromatic rings. The van der Waals surface area contributed by atoms with Crippen LogP contribution in [0.15, 0.2) is 71.6 Å². The summed E-state index contributed by atoms with van der Waals surface area (Å²) in [5.41, 5.74) is 0.522. The Morgan fingerprint density at radius 3 is 2.12 bits per heavy atom. The van der Waals surface area contributed by atoms with Gasteiger partial charge >= 0.3 is 6.18 Å². The van der Waals surface area contributed by atoms with Crippen LogP contribution in [0.5, 0.6) is 5.75 Å². The lowest BCUT2D eigenvalue weighted by Crippen LogP contribution is -2.16. The van der Waals surface area contributed by atoms with E-state index in [2.05, 4.69) is 10.0 Å². The van der Waals surface area contributed by atoms with Crippen LogP contribution in [0.2, 0.25) is 0 Å². The van der Waals surface area contributed by atoms with Gasteiger partial charge in [-0.2, -0.15) is 13.2 Å². The normalized spacial score (nSPS) is 11.7. The zero-order valence-electron chi connectivity index (χ0n) is 17.0. The molecule has 3 aromatic carbocycles. The summed E-state index contributed by atoms with van der Waals surface area (Å²) in [6.45, 7) is 1.88. The third kappa shape index (κ3) is 5.38. The predicted octanol–water partition coefficient (Wildman–Crippen LogP) is 5.08. The molecule has 0 fully saturated rings. The van der Waals surface area contributed by atoms with Crippen molar-refractivity contribution in [1.29, 1.82) is 0 Å². The molecule has 1 amide bonds. The summed E-state index contributed by atoms with van der Waals surface area (Å²) in [4.78, 5) is 12.3. The smallest absolute Gasteiger partial charge is 0.416 e. The molecule has 0 aliphatic carbocycles. The molecule has 0 radical (unpaired) electrons. The molecular weight excluding hydrogens is 445 g/mol. The van der Waals surface area contributed by atoms with Crippen molar-refractivity contribution < 1.29 is 31.1 Å². The lowest BCUT2D eigenvalue weighted by molar-refractivity contribution is -0.137. The van der Waals surface area contributed by atoms with Crippen LogP contribution < -0.4 is 14.8 Å². The van der Waals surface area contributed by atoms with E-state index in [1.165, 1.54) is 25.3 Å². The van der Waals surface area contributed by atoms with Gasteiger partial charge < -0.3 is 10.1 Å². The Labute approximate surface area is 183 Å². The molecule has 0 atom stereocenters. The van der Waals surface area contributed by atoms with Crippen LogP contribution in [0.4, 0.5) is 24.5 Å². The van der Waals surface area contributed by atoms with E-state index in [4.69, 9.17) is 4.74 Å². The number of halogens is 3. The Kier molecular flexibility index (Phi) is 6.45. The first-order valence-electron chi connectivity index (χ1n) is 9.26. The van der Waals surface area contributed by atoms with Gasteiger partial charge in [0.05, 0.1) is 23.3 Å². The lowest BCUT2D eigenvalue weighted by atomic mass is 10.1. The summed E-state index contributed by atoms with van der Waals surface area (Å²) in [5, 5.41) is 2.62. The standard InChI is InChI=1S/C22H19F3N2O4S/c1-14-3-5-15(6-4-14)21(28)26-19-13-18(11-12-20(19)31-2)32(29,30)27-17-9-7-16(8-10-17)22(23,24)25/h3-13,27H,1-2H3,(H,26,28). The molecule has 0 saturated heterocycles. The summed E-state index contributed by atoms with van der Waals surface area (Å²) in [7, 11) is -2.79. The maximum atomic E-state index is 12.7. The highest BCUT2D eigenvalue weighted by Gasteiger charge is 2.30. The largest absolute Gasteiger partial charge is 0.495 e. The minimum atomic E-state index is -4.53. The van der Waals surface area contributed by atoms with E-state index in [-0.39, 0.29) is 22.0 Å². The number of amides is 1. The van der Waals surface area contributed by atoms with Gasteiger partial charge in [0.25, 0.3) is 15.9 Å². The van der Waals surface area contributed by atoms with Crippen molar-refractivity contribution in [3.8, 4) is 5.75 Å². The van der Waals surface area contributed by atoms with Crippen molar-refractivity contribution in [2.24, 2.45) is 0 Å². The Morgan fingerprint density at radius 1 is 0.938 bits per heavy atom. The Bertz CT molecular complexity index is 1220.